The first-order valence-electron chi connectivity index (χ1n) is 7.89. The molecular weight excluding hydrogens is 252 g/mol. The van der Waals surface area contributed by atoms with Crippen LogP contribution in [0.3, 0.4) is 0 Å². The molecule has 0 saturated heterocycles. The Morgan fingerprint density at radius 2 is 2.21 bits per heavy atom. The summed E-state index contributed by atoms with van der Waals surface area (Å²) in [4.78, 5) is 6.60. The third-order valence-corrected chi connectivity index (χ3v) is 6.43. The van der Waals surface area contributed by atoms with Gasteiger partial charge in [-0.2, -0.15) is 0 Å². The van der Waals surface area contributed by atoms with Crippen LogP contribution in [0.5, 0.6) is 0 Å². The van der Waals surface area contributed by atoms with E-state index >= 15 is 0 Å². The van der Waals surface area contributed by atoms with Crippen molar-refractivity contribution < 1.29 is 0 Å². The van der Waals surface area contributed by atoms with E-state index in [1.54, 1.807) is 4.88 Å². The lowest BCUT2D eigenvalue weighted by Crippen LogP contribution is -2.50. The van der Waals surface area contributed by atoms with Gasteiger partial charge in [-0.3, -0.25) is 0 Å². The second-order valence-electron chi connectivity index (χ2n) is 6.52. The SMILES string of the molecule is CCNC1(c2nc3c(s2)CCC3)CCC(C)CC1C. The molecule has 0 radical (unpaired) electrons. The zero-order valence-corrected chi connectivity index (χ0v) is 13.3. The Morgan fingerprint density at radius 3 is 2.89 bits per heavy atom. The van der Waals surface area contributed by atoms with E-state index in [9.17, 15) is 0 Å². The molecule has 3 rings (SSSR count). The first kappa shape index (κ1) is 13.6. The number of aromatic nitrogens is 1. The molecule has 2 aliphatic carbocycles. The highest BCUT2D eigenvalue weighted by Gasteiger charge is 2.43. The molecule has 0 bridgehead atoms. The highest BCUT2D eigenvalue weighted by molar-refractivity contribution is 7.12. The van der Waals surface area contributed by atoms with Gasteiger partial charge in [-0.15, -0.1) is 11.3 Å². The molecule has 0 spiro atoms. The maximum atomic E-state index is 5.04. The molecule has 2 nitrogen and oxygen atoms in total. The van der Waals surface area contributed by atoms with Crippen molar-refractivity contribution in [3.63, 3.8) is 0 Å². The van der Waals surface area contributed by atoms with Gasteiger partial charge >= 0.3 is 0 Å². The highest BCUT2D eigenvalue weighted by Crippen LogP contribution is 2.46. The highest BCUT2D eigenvalue weighted by atomic mass is 32.1. The molecule has 1 aromatic rings. The van der Waals surface area contributed by atoms with Crippen molar-refractivity contribution in [2.45, 2.75) is 64.8 Å². The lowest BCUT2D eigenvalue weighted by atomic mass is 9.70. The molecule has 1 fully saturated rings. The van der Waals surface area contributed by atoms with Gasteiger partial charge in [0, 0.05) is 4.88 Å². The van der Waals surface area contributed by atoms with Crippen LogP contribution in [0.15, 0.2) is 0 Å². The van der Waals surface area contributed by atoms with Crippen molar-refractivity contribution in [1.82, 2.24) is 10.3 Å². The van der Waals surface area contributed by atoms with E-state index in [2.05, 4.69) is 26.1 Å². The van der Waals surface area contributed by atoms with Crippen molar-refractivity contribution in [2.24, 2.45) is 11.8 Å². The summed E-state index contributed by atoms with van der Waals surface area (Å²) in [6.45, 7) is 8.09. The normalized spacial score (nSPS) is 34.5. The van der Waals surface area contributed by atoms with Crippen LogP contribution in [-0.2, 0) is 18.4 Å². The van der Waals surface area contributed by atoms with E-state index < -0.39 is 0 Å². The minimum absolute atomic E-state index is 0.163. The number of hydrogen-bond donors (Lipinski definition) is 1. The van der Waals surface area contributed by atoms with Crippen LogP contribution in [0.25, 0.3) is 0 Å². The van der Waals surface area contributed by atoms with E-state index in [0.29, 0.717) is 5.92 Å². The molecule has 3 heteroatoms. The minimum Gasteiger partial charge on any atom is -0.305 e. The fourth-order valence-corrected chi connectivity index (χ4v) is 5.45. The van der Waals surface area contributed by atoms with Crippen LogP contribution < -0.4 is 5.32 Å². The van der Waals surface area contributed by atoms with Gasteiger partial charge in [0.1, 0.15) is 5.01 Å². The molecule has 2 aliphatic rings. The zero-order valence-electron chi connectivity index (χ0n) is 12.5. The molecule has 0 amide bonds. The summed E-state index contributed by atoms with van der Waals surface area (Å²) in [5.41, 5.74) is 1.57. The minimum atomic E-state index is 0.163. The Balaban J connectivity index is 1.94. The fourth-order valence-electron chi connectivity index (χ4n) is 4.00. The number of fused-ring (bicyclic) bond motifs is 1. The summed E-state index contributed by atoms with van der Waals surface area (Å²) in [7, 11) is 0. The Bertz CT molecular complexity index is 432. The Labute approximate surface area is 121 Å². The van der Waals surface area contributed by atoms with Crippen molar-refractivity contribution in [3.8, 4) is 0 Å². The summed E-state index contributed by atoms with van der Waals surface area (Å²) in [6.07, 6.45) is 7.71. The number of nitrogens with one attached hydrogen (secondary N) is 1. The van der Waals surface area contributed by atoms with E-state index in [1.165, 1.54) is 49.2 Å². The Morgan fingerprint density at radius 1 is 1.37 bits per heavy atom. The first-order valence-corrected chi connectivity index (χ1v) is 8.71. The van der Waals surface area contributed by atoms with Gasteiger partial charge in [0.25, 0.3) is 0 Å². The van der Waals surface area contributed by atoms with Gasteiger partial charge in [-0.25, -0.2) is 4.98 Å². The molecule has 3 unspecified atom stereocenters. The van der Waals surface area contributed by atoms with Gasteiger partial charge in [0.2, 0.25) is 0 Å². The van der Waals surface area contributed by atoms with E-state index in [0.717, 1.165) is 12.5 Å². The molecular formula is C16H26N2S. The lowest BCUT2D eigenvalue weighted by molar-refractivity contribution is 0.123. The lowest BCUT2D eigenvalue weighted by Gasteiger charge is -2.44. The number of thiazole rings is 1. The van der Waals surface area contributed by atoms with Gasteiger partial charge in [-0.05, 0) is 56.9 Å². The second-order valence-corrected chi connectivity index (χ2v) is 7.61. The van der Waals surface area contributed by atoms with Gasteiger partial charge in [0.05, 0.1) is 11.2 Å². The topological polar surface area (TPSA) is 24.9 Å². The van der Waals surface area contributed by atoms with Crippen LogP contribution in [0, 0.1) is 11.8 Å². The van der Waals surface area contributed by atoms with Gasteiger partial charge in [0.15, 0.2) is 0 Å². The molecule has 0 aliphatic heterocycles. The van der Waals surface area contributed by atoms with Crippen LogP contribution in [0.1, 0.15) is 62.0 Å². The molecule has 0 aromatic carbocycles. The summed E-state index contributed by atoms with van der Waals surface area (Å²) in [5.74, 6) is 1.57. The maximum Gasteiger partial charge on any atom is 0.114 e. The van der Waals surface area contributed by atoms with Crippen molar-refractivity contribution in [1.29, 1.82) is 0 Å². The average molecular weight is 278 g/mol. The van der Waals surface area contributed by atoms with Crippen molar-refractivity contribution >= 4 is 11.3 Å². The van der Waals surface area contributed by atoms with E-state index in [1.807, 2.05) is 11.3 Å². The molecule has 1 saturated carbocycles. The zero-order chi connectivity index (χ0) is 13.5. The summed E-state index contributed by atoms with van der Waals surface area (Å²) >= 11 is 2.00. The summed E-state index contributed by atoms with van der Waals surface area (Å²) in [6, 6.07) is 0. The monoisotopic (exact) mass is 278 g/mol. The quantitative estimate of drug-likeness (QED) is 0.907. The number of rotatable bonds is 3. The molecule has 1 aromatic heterocycles. The summed E-state index contributed by atoms with van der Waals surface area (Å²) < 4.78 is 0. The van der Waals surface area contributed by atoms with E-state index in [-0.39, 0.29) is 5.54 Å². The molecule has 106 valence electrons. The largest absolute Gasteiger partial charge is 0.305 e. The van der Waals surface area contributed by atoms with Gasteiger partial charge < -0.3 is 5.32 Å². The van der Waals surface area contributed by atoms with Crippen LogP contribution in [0.4, 0.5) is 0 Å². The Kier molecular flexibility index (Phi) is 3.69. The second kappa shape index (κ2) is 5.17. The molecule has 1 N–H and O–H groups in total. The number of nitrogens with zero attached hydrogens (tertiary/aromatic N) is 1. The first-order chi connectivity index (χ1) is 9.15. The Hall–Kier alpha value is -0.410. The predicted octanol–water partition coefficient (Wildman–Crippen LogP) is 3.89. The van der Waals surface area contributed by atoms with Gasteiger partial charge in [-0.1, -0.05) is 20.8 Å². The number of aryl methyl sites for hydroxylation is 2. The standard InChI is InChI=1S/C16H26N2S/c1-4-17-16(9-8-11(2)10-12(16)3)15-18-13-6-5-7-14(13)19-15/h11-12,17H,4-10H2,1-3H3. The smallest absolute Gasteiger partial charge is 0.114 e. The van der Waals surface area contributed by atoms with Crippen molar-refractivity contribution in [3.05, 3.63) is 15.6 Å². The number of hydrogen-bond acceptors (Lipinski definition) is 3. The predicted molar refractivity (Wildman–Crippen MR) is 81.7 cm³/mol. The molecule has 3 atom stereocenters. The average Bonchev–Trinajstić information content (AvgIpc) is 2.93. The van der Waals surface area contributed by atoms with Crippen molar-refractivity contribution in [2.75, 3.05) is 6.54 Å². The fraction of sp³-hybridized carbons (Fsp3) is 0.812. The summed E-state index contributed by atoms with van der Waals surface area (Å²) in [5, 5.41) is 5.21. The third-order valence-electron chi connectivity index (χ3n) is 5.10. The third kappa shape index (κ3) is 2.25. The van der Waals surface area contributed by atoms with Crippen LogP contribution >= 0.6 is 11.3 Å². The van der Waals surface area contributed by atoms with Crippen LogP contribution in [-0.4, -0.2) is 11.5 Å². The maximum absolute atomic E-state index is 5.04. The van der Waals surface area contributed by atoms with Crippen LogP contribution in [0.2, 0.25) is 0 Å². The molecule has 19 heavy (non-hydrogen) atoms. The molecule has 1 heterocycles. The van der Waals surface area contributed by atoms with E-state index in [4.69, 9.17) is 4.98 Å².